The van der Waals surface area contributed by atoms with Gasteiger partial charge in [-0.05, 0) is 26.0 Å². The number of hydrogen-bond acceptors (Lipinski definition) is 3. The number of carbonyl (C=O) groups excluding carboxylic acids is 1. The average molecular weight is 222 g/mol. The second-order valence-corrected chi connectivity index (χ2v) is 4.03. The number of rotatable bonds is 3. The fourth-order valence-electron chi connectivity index (χ4n) is 1.06. The Hall–Kier alpha value is -1.88. The van der Waals surface area contributed by atoms with E-state index in [1.165, 1.54) is 12.1 Å². The van der Waals surface area contributed by atoms with E-state index in [9.17, 15) is 9.59 Å². The summed E-state index contributed by atoms with van der Waals surface area (Å²) < 4.78 is 0. The zero-order chi connectivity index (χ0) is 12.3. The van der Waals surface area contributed by atoms with Crippen LogP contribution in [0.3, 0.4) is 0 Å². The smallest absolute Gasteiger partial charge is 0.337 e. The highest BCUT2D eigenvalue weighted by Crippen LogP contribution is 2.16. The summed E-state index contributed by atoms with van der Waals surface area (Å²) in [5.74, 6) is -1.52. The van der Waals surface area contributed by atoms with E-state index in [1.54, 1.807) is 26.0 Å². The van der Waals surface area contributed by atoms with Crippen molar-refractivity contribution in [2.45, 2.75) is 19.4 Å². The summed E-state index contributed by atoms with van der Waals surface area (Å²) in [6, 6.07) is 6.17. The standard InChI is InChI=1S/C11H14N2O3/c1-11(2,12)10(16)13-8-6-4-3-5-7(8)9(14)15/h3-6H,12H2,1-2H3,(H,13,16)(H,14,15). The van der Waals surface area contributed by atoms with E-state index < -0.39 is 17.4 Å². The molecule has 1 aromatic rings. The third-order valence-electron chi connectivity index (χ3n) is 1.99. The van der Waals surface area contributed by atoms with Crippen LogP contribution in [-0.2, 0) is 4.79 Å². The number of anilines is 1. The number of para-hydroxylation sites is 1. The second-order valence-electron chi connectivity index (χ2n) is 4.03. The number of aromatic carboxylic acids is 1. The molecule has 0 spiro atoms. The molecule has 0 aliphatic heterocycles. The fourth-order valence-corrected chi connectivity index (χ4v) is 1.06. The Bertz CT molecular complexity index is 421. The van der Waals surface area contributed by atoms with Crippen molar-refractivity contribution in [3.8, 4) is 0 Å². The molecule has 5 heteroatoms. The maximum atomic E-state index is 11.6. The van der Waals surface area contributed by atoms with E-state index in [4.69, 9.17) is 10.8 Å². The van der Waals surface area contributed by atoms with Gasteiger partial charge in [0, 0.05) is 0 Å². The quantitative estimate of drug-likeness (QED) is 0.713. The van der Waals surface area contributed by atoms with E-state index in [-0.39, 0.29) is 11.3 Å². The van der Waals surface area contributed by atoms with Crippen LogP contribution in [0.25, 0.3) is 0 Å². The summed E-state index contributed by atoms with van der Waals surface area (Å²) in [7, 11) is 0. The van der Waals surface area contributed by atoms with Crippen molar-refractivity contribution in [2.24, 2.45) is 5.73 Å². The summed E-state index contributed by atoms with van der Waals surface area (Å²) in [6.07, 6.45) is 0. The number of benzene rings is 1. The molecule has 1 amide bonds. The summed E-state index contributed by atoms with van der Waals surface area (Å²) in [6.45, 7) is 3.09. The van der Waals surface area contributed by atoms with Crippen LogP contribution in [0.1, 0.15) is 24.2 Å². The van der Waals surface area contributed by atoms with E-state index >= 15 is 0 Å². The lowest BCUT2D eigenvalue weighted by atomic mass is 10.1. The lowest BCUT2D eigenvalue weighted by Crippen LogP contribution is -2.45. The minimum absolute atomic E-state index is 0.0418. The zero-order valence-corrected chi connectivity index (χ0v) is 9.15. The molecule has 5 nitrogen and oxygen atoms in total. The predicted octanol–water partition coefficient (Wildman–Crippen LogP) is 1.06. The number of carboxylic acid groups (broad SMARTS) is 1. The second kappa shape index (κ2) is 4.32. The number of nitrogens with two attached hydrogens (primary N) is 1. The number of hydrogen-bond donors (Lipinski definition) is 3. The van der Waals surface area contributed by atoms with Crippen molar-refractivity contribution < 1.29 is 14.7 Å². The Morgan fingerprint density at radius 3 is 2.38 bits per heavy atom. The van der Waals surface area contributed by atoms with Gasteiger partial charge < -0.3 is 16.2 Å². The van der Waals surface area contributed by atoms with Crippen molar-refractivity contribution in [3.05, 3.63) is 29.8 Å². The summed E-state index contributed by atoms with van der Waals surface area (Å²) in [4.78, 5) is 22.5. The third kappa shape index (κ3) is 2.80. The summed E-state index contributed by atoms with van der Waals surface area (Å²) in [5.41, 5.74) is 4.83. The third-order valence-corrected chi connectivity index (χ3v) is 1.99. The van der Waals surface area contributed by atoms with E-state index in [2.05, 4.69) is 5.32 Å². The van der Waals surface area contributed by atoms with Gasteiger partial charge in [-0.15, -0.1) is 0 Å². The number of carbonyl (C=O) groups is 2. The molecule has 0 atom stereocenters. The largest absolute Gasteiger partial charge is 0.478 e. The van der Waals surface area contributed by atoms with Crippen LogP contribution in [0.4, 0.5) is 5.69 Å². The molecular weight excluding hydrogens is 208 g/mol. The maximum absolute atomic E-state index is 11.6. The Kier molecular flexibility index (Phi) is 3.29. The molecule has 0 radical (unpaired) electrons. The lowest BCUT2D eigenvalue weighted by Gasteiger charge is -2.18. The monoisotopic (exact) mass is 222 g/mol. The van der Waals surface area contributed by atoms with Crippen molar-refractivity contribution in [1.82, 2.24) is 0 Å². The molecule has 0 fully saturated rings. The maximum Gasteiger partial charge on any atom is 0.337 e. The van der Waals surface area contributed by atoms with Crippen LogP contribution in [0.5, 0.6) is 0 Å². The van der Waals surface area contributed by atoms with E-state index in [0.717, 1.165) is 0 Å². The van der Waals surface area contributed by atoms with Gasteiger partial charge in [0.2, 0.25) is 5.91 Å². The molecule has 16 heavy (non-hydrogen) atoms. The Morgan fingerprint density at radius 1 is 1.31 bits per heavy atom. The van der Waals surface area contributed by atoms with Crippen LogP contribution >= 0.6 is 0 Å². The molecule has 0 bridgehead atoms. The Balaban J connectivity index is 2.98. The Labute approximate surface area is 93.3 Å². The molecule has 0 aliphatic rings. The highest BCUT2D eigenvalue weighted by molar-refractivity contribution is 6.03. The van der Waals surface area contributed by atoms with Gasteiger partial charge in [-0.25, -0.2) is 4.79 Å². The molecule has 86 valence electrons. The first kappa shape index (κ1) is 12.2. The summed E-state index contributed by atoms with van der Waals surface area (Å²) >= 11 is 0. The average Bonchev–Trinajstić information content (AvgIpc) is 2.16. The number of carboxylic acids is 1. The minimum Gasteiger partial charge on any atom is -0.478 e. The molecule has 0 saturated heterocycles. The highest BCUT2D eigenvalue weighted by atomic mass is 16.4. The Morgan fingerprint density at radius 2 is 1.88 bits per heavy atom. The SMILES string of the molecule is CC(C)(N)C(=O)Nc1ccccc1C(=O)O. The summed E-state index contributed by atoms with van der Waals surface area (Å²) in [5, 5.41) is 11.4. The zero-order valence-electron chi connectivity index (χ0n) is 9.15. The van der Waals surface area contributed by atoms with Crippen molar-refractivity contribution >= 4 is 17.6 Å². The van der Waals surface area contributed by atoms with Crippen LogP contribution in [0, 0.1) is 0 Å². The van der Waals surface area contributed by atoms with Crippen LogP contribution in [0.2, 0.25) is 0 Å². The first-order valence-electron chi connectivity index (χ1n) is 4.75. The normalized spacial score (nSPS) is 10.9. The van der Waals surface area contributed by atoms with Gasteiger partial charge in [-0.2, -0.15) is 0 Å². The molecule has 0 unspecified atom stereocenters. The molecule has 0 saturated carbocycles. The minimum atomic E-state index is -1.09. The van der Waals surface area contributed by atoms with Gasteiger partial charge >= 0.3 is 5.97 Å². The van der Waals surface area contributed by atoms with Gasteiger partial charge in [0.15, 0.2) is 0 Å². The van der Waals surface area contributed by atoms with Gasteiger partial charge in [0.05, 0.1) is 16.8 Å². The first-order valence-corrected chi connectivity index (χ1v) is 4.75. The van der Waals surface area contributed by atoms with Crippen molar-refractivity contribution in [2.75, 3.05) is 5.32 Å². The van der Waals surface area contributed by atoms with E-state index in [1.807, 2.05) is 0 Å². The number of amides is 1. The molecule has 0 aromatic heterocycles. The van der Waals surface area contributed by atoms with E-state index in [0.29, 0.717) is 0 Å². The van der Waals surface area contributed by atoms with Gasteiger partial charge in [-0.1, -0.05) is 12.1 Å². The molecule has 0 aliphatic carbocycles. The first-order chi connectivity index (χ1) is 7.32. The predicted molar refractivity (Wildman–Crippen MR) is 60.3 cm³/mol. The van der Waals surface area contributed by atoms with Crippen LogP contribution < -0.4 is 11.1 Å². The molecule has 0 heterocycles. The molecule has 1 rings (SSSR count). The molecule has 1 aromatic carbocycles. The molecular formula is C11H14N2O3. The topological polar surface area (TPSA) is 92.4 Å². The van der Waals surface area contributed by atoms with Crippen LogP contribution in [0.15, 0.2) is 24.3 Å². The van der Waals surface area contributed by atoms with Gasteiger partial charge in [0.25, 0.3) is 0 Å². The fraction of sp³-hybridized carbons (Fsp3) is 0.273. The van der Waals surface area contributed by atoms with Crippen LogP contribution in [-0.4, -0.2) is 22.5 Å². The van der Waals surface area contributed by atoms with Gasteiger partial charge in [-0.3, -0.25) is 4.79 Å². The van der Waals surface area contributed by atoms with Gasteiger partial charge in [0.1, 0.15) is 0 Å². The number of nitrogens with one attached hydrogen (secondary N) is 1. The van der Waals surface area contributed by atoms with Crippen molar-refractivity contribution in [1.29, 1.82) is 0 Å². The lowest BCUT2D eigenvalue weighted by molar-refractivity contribution is -0.120. The van der Waals surface area contributed by atoms with Crippen molar-refractivity contribution in [3.63, 3.8) is 0 Å². The molecule has 4 N–H and O–H groups in total. The highest BCUT2D eigenvalue weighted by Gasteiger charge is 2.23.